The van der Waals surface area contributed by atoms with E-state index in [0.717, 1.165) is 10.5 Å². The SMILES string of the molecule is CC(C)(C)/N=C/c1ccnc(N(Cc2ccccc2)C(=O)O)n1. The molecule has 1 amide bonds. The zero-order valence-corrected chi connectivity index (χ0v) is 13.5. The predicted molar refractivity (Wildman–Crippen MR) is 90.0 cm³/mol. The summed E-state index contributed by atoms with van der Waals surface area (Å²) >= 11 is 0. The minimum absolute atomic E-state index is 0.138. The van der Waals surface area contributed by atoms with E-state index in [1.165, 1.54) is 6.20 Å². The Hall–Kier alpha value is -2.76. The number of carboxylic acid groups (broad SMARTS) is 1. The van der Waals surface area contributed by atoms with Gasteiger partial charge in [-0.2, -0.15) is 0 Å². The molecule has 2 rings (SSSR count). The van der Waals surface area contributed by atoms with Gasteiger partial charge in [-0.05, 0) is 32.4 Å². The number of rotatable bonds is 4. The Kier molecular flexibility index (Phi) is 5.05. The molecule has 0 bridgehead atoms. The molecular weight excluding hydrogens is 292 g/mol. The Morgan fingerprint density at radius 2 is 1.96 bits per heavy atom. The summed E-state index contributed by atoms with van der Waals surface area (Å²) in [6.07, 6.45) is 2.07. The number of aliphatic imine (C=N–C) groups is 1. The number of amides is 1. The third kappa shape index (κ3) is 5.18. The number of hydrogen-bond donors (Lipinski definition) is 1. The van der Waals surface area contributed by atoms with Crippen molar-refractivity contribution >= 4 is 18.3 Å². The summed E-state index contributed by atoms with van der Waals surface area (Å²) in [5.41, 5.74) is 1.22. The molecule has 0 aliphatic heterocycles. The number of nitrogens with zero attached hydrogens (tertiary/aromatic N) is 4. The molecule has 0 unspecified atom stereocenters. The topological polar surface area (TPSA) is 78.7 Å². The average Bonchev–Trinajstić information content (AvgIpc) is 2.51. The number of benzene rings is 1. The van der Waals surface area contributed by atoms with Crippen LogP contribution >= 0.6 is 0 Å². The molecule has 0 fully saturated rings. The van der Waals surface area contributed by atoms with Gasteiger partial charge in [0.15, 0.2) is 0 Å². The summed E-state index contributed by atoms with van der Waals surface area (Å²) in [7, 11) is 0. The maximum Gasteiger partial charge on any atom is 0.414 e. The van der Waals surface area contributed by atoms with Crippen molar-refractivity contribution in [2.45, 2.75) is 32.9 Å². The minimum Gasteiger partial charge on any atom is -0.465 e. The molecule has 0 radical (unpaired) electrons. The summed E-state index contributed by atoms with van der Waals surface area (Å²) < 4.78 is 0. The van der Waals surface area contributed by atoms with Gasteiger partial charge < -0.3 is 5.11 Å². The molecule has 0 aliphatic carbocycles. The highest BCUT2D eigenvalue weighted by atomic mass is 16.4. The molecule has 6 heteroatoms. The lowest BCUT2D eigenvalue weighted by Crippen LogP contribution is -2.30. The summed E-state index contributed by atoms with van der Waals surface area (Å²) in [6, 6.07) is 11.0. The van der Waals surface area contributed by atoms with Crippen LogP contribution in [0, 0.1) is 0 Å². The Balaban J connectivity index is 2.26. The highest BCUT2D eigenvalue weighted by molar-refractivity contribution is 5.84. The first-order valence-corrected chi connectivity index (χ1v) is 7.28. The van der Waals surface area contributed by atoms with Crippen LogP contribution in [0.1, 0.15) is 32.0 Å². The minimum atomic E-state index is -1.10. The quantitative estimate of drug-likeness (QED) is 0.878. The van der Waals surface area contributed by atoms with Crippen LogP contribution in [0.2, 0.25) is 0 Å². The van der Waals surface area contributed by atoms with Crippen LogP contribution in [-0.2, 0) is 6.54 Å². The molecule has 1 N–H and O–H groups in total. The van der Waals surface area contributed by atoms with E-state index < -0.39 is 6.09 Å². The fourth-order valence-corrected chi connectivity index (χ4v) is 1.81. The second-order valence-corrected chi connectivity index (χ2v) is 6.06. The van der Waals surface area contributed by atoms with Gasteiger partial charge in [0.25, 0.3) is 0 Å². The highest BCUT2D eigenvalue weighted by Crippen LogP contribution is 2.13. The zero-order chi connectivity index (χ0) is 16.9. The van der Waals surface area contributed by atoms with Crippen molar-refractivity contribution in [3.05, 3.63) is 53.9 Å². The Bertz CT molecular complexity index is 693. The smallest absolute Gasteiger partial charge is 0.414 e. The van der Waals surface area contributed by atoms with Gasteiger partial charge >= 0.3 is 6.09 Å². The maximum atomic E-state index is 11.5. The molecule has 120 valence electrons. The first-order valence-electron chi connectivity index (χ1n) is 7.28. The van der Waals surface area contributed by atoms with Crippen LogP contribution in [0.4, 0.5) is 10.7 Å². The highest BCUT2D eigenvalue weighted by Gasteiger charge is 2.18. The van der Waals surface area contributed by atoms with Gasteiger partial charge in [-0.15, -0.1) is 0 Å². The van der Waals surface area contributed by atoms with E-state index in [2.05, 4.69) is 15.0 Å². The van der Waals surface area contributed by atoms with Crippen molar-refractivity contribution in [1.29, 1.82) is 0 Å². The van der Waals surface area contributed by atoms with Crippen molar-refractivity contribution in [1.82, 2.24) is 9.97 Å². The van der Waals surface area contributed by atoms with Gasteiger partial charge in [0.1, 0.15) is 0 Å². The first-order chi connectivity index (χ1) is 10.8. The van der Waals surface area contributed by atoms with E-state index in [-0.39, 0.29) is 18.0 Å². The van der Waals surface area contributed by atoms with Gasteiger partial charge in [-0.1, -0.05) is 30.3 Å². The van der Waals surface area contributed by atoms with Gasteiger partial charge in [0.05, 0.1) is 17.8 Å². The molecule has 1 aromatic carbocycles. The standard InChI is InChI=1S/C17H20N4O2/c1-17(2,3)19-11-14-9-10-18-15(20-14)21(16(22)23)12-13-7-5-4-6-8-13/h4-11H,12H2,1-3H3,(H,22,23)/b19-11+. The van der Waals surface area contributed by atoms with Crippen molar-refractivity contribution in [2.75, 3.05) is 4.90 Å². The lowest BCUT2D eigenvalue weighted by molar-refractivity contribution is 0.201. The number of carbonyl (C=O) groups is 1. The molecule has 0 atom stereocenters. The molecule has 0 saturated heterocycles. The van der Waals surface area contributed by atoms with Crippen molar-refractivity contribution in [2.24, 2.45) is 4.99 Å². The van der Waals surface area contributed by atoms with Gasteiger partial charge in [-0.25, -0.2) is 19.7 Å². The molecule has 0 saturated carbocycles. The van der Waals surface area contributed by atoms with Crippen molar-refractivity contribution in [3.8, 4) is 0 Å². The average molecular weight is 312 g/mol. The summed E-state index contributed by atoms with van der Waals surface area (Å²) in [6.45, 7) is 6.12. The monoisotopic (exact) mass is 312 g/mol. The third-order valence-electron chi connectivity index (χ3n) is 2.90. The van der Waals surface area contributed by atoms with Crippen LogP contribution in [0.25, 0.3) is 0 Å². The molecule has 1 aromatic heterocycles. The van der Waals surface area contributed by atoms with E-state index in [9.17, 15) is 9.90 Å². The molecule has 0 aliphatic rings. The first kappa shape index (κ1) is 16.6. The fraction of sp³-hybridized carbons (Fsp3) is 0.294. The van der Waals surface area contributed by atoms with Crippen LogP contribution in [-0.4, -0.2) is 32.9 Å². The maximum absolute atomic E-state index is 11.5. The molecule has 1 heterocycles. The molecule has 2 aromatic rings. The third-order valence-corrected chi connectivity index (χ3v) is 2.90. The Morgan fingerprint density at radius 1 is 1.26 bits per heavy atom. The van der Waals surface area contributed by atoms with E-state index in [1.54, 1.807) is 12.3 Å². The van der Waals surface area contributed by atoms with Crippen LogP contribution in [0.5, 0.6) is 0 Å². The largest absolute Gasteiger partial charge is 0.465 e. The molecule has 23 heavy (non-hydrogen) atoms. The number of aromatic nitrogens is 2. The van der Waals surface area contributed by atoms with E-state index in [0.29, 0.717) is 5.69 Å². The van der Waals surface area contributed by atoms with Gasteiger partial charge in [0.2, 0.25) is 5.95 Å². The van der Waals surface area contributed by atoms with Gasteiger partial charge in [0, 0.05) is 12.4 Å². The van der Waals surface area contributed by atoms with Crippen LogP contribution in [0.3, 0.4) is 0 Å². The number of hydrogen-bond acceptors (Lipinski definition) is 4. The summed E-state index contributed by atoms with van der Waals surface area (Å²) in [4.78, 5) is 25.4. The van der Waals surface area contributed by atoms with E-state index in [1.807, 2.05) is 51.1 Å². The van der Waals surface area contributed by atoms with Gasteiger partial charge in [-0.3, -0.25) is 4.99 Å². The zero-order valence-electron chi connectivity index (χ0n) is 13.5. The molecule has 0 spiro atoms. The van der Waals surface area contributed by atoms with Crippen molar-refractivity contribution in [3.63, 3.8) is 0 Å². The predicted octanol–water partition coefficient (Wildman–Crippen LogP) is 3.38. The Labute approximate surface area is 135 Å². The normalized spacial score (nSPS) is 11.6. The van der Waals surface area contributed by atoms with E-state index in [4.69, 9.17) is 0 Å². The lowest BCUT2D eigenvalue weighted by atomic mass is 10.1. The fourth-order valence-electron chi connectivity index (χ4n) is 1.81. The van der Waals surface area contributed by atoms with Crippen LogP contribution < -0.4 is 4.90 Å². The van der Waals surface area contributed by atoms with Crippen molar-refractivity contribution < 1.29 is 9.90 Å². The molecular formula is C17H20N4O2. The second kappa shape index (κ2) is 7.00. The van der Waals surface area contributed by atoms with Crippen LogP contribution in [0.15, 0.2) is 47.6 Å². The summed E-state index contributed by atoms with van der Waals surface area (Å²) in [5.74, 6) is 0.138. The second-order valence-electron chi connectivity index (χ2n) is 6.06. The molecule has 6 nitrogen and oxygen atoms in total. The summed E-state index contributed by atoms with van der Waals surface area (Å²) in [5, 5.41) is 9.45. The van der Waals surface area contributed by atoms with E-state index >= 15 is 0 Å². The Morgan fingerprint density at radius 3 is 2.57 bits per heavy atom. The number of anilines is 1. The lowest BCUT2D eigenvalue weighted by Gasteiger charge is -2.17.